The summed E-state index contributed by atoms with van der Waals surface area (Å²) >= 11 is 1.45. The van der Waals surface area contributed by atoms with Crippen LogP contribution in [0.15, 0.2) is 0 Å². The molecule has 0 saturated carbocycles. The van der Waals surface area contributed by atoms with Gasteiger partial charge in [-0.3, -0.25) is 4.79 Å². The highest BCUT2D eigenvalue weighted by Gasteiger charge is 2.24. The Labute approximate surface area is 59.6 Å². The average molecular weight is 148 g/mol. The summed E-state index contributed by atoms with van der Waals surface area (Å²) in [5.74, 6) is -0.116. The molecule has 9 heavy (non-hydrogen) atoms. The first-order valence-corrected chi connectivity index (χ1v) is 3.96. The predicted octanol–water partition coefficient (Wildman–Crippen LogP) is 0.689. The van der Waals surface area contributed by atoms with E-state index >= 15 is 0 Å². The molecule has 0 aliphatic carbocycles. The van der Waals surface area contributed by atoms with Crippen LogP contribution in [0.25, 0.3) is 0 Å². The molecule has 2 nitrogen and oxygen atoms in total. The Balaban J connectivity index is 3.97. The van der Waals surface area contributed by atoms with Crippen LogP contribution in [0.4, 0.5) is 0 Å². The minimum atomic E-state index is -0.422. The molecular formula is C6H12O2S. The van der Waals surface area contributed by atoms with Crippen LogP contribution in [-0.2, 0) is 4.79 Å². The monoisotopic (exact) mass is 148 g/mol. The zero-order valence-electron chi connectivity index (χ0n) is 5.97. The molecule has 0 saturated heterocycles. The Morgan fingerprint density at radius 1 is 1.67 bits per heavy atom. The Morgan fingerprint density at radius 3 is 2.22 bits per heavy atom. The molecule has 0 heterocycles. The highest BCUT2D eigenvalue weighted by molar-refractivity contribution is 8.00. The Morgan fingerprint density at radius 2 is 2.11 bits per heavy atom. The van der Waals surface area contributed by atoms with Gasteiger partial charge in [0.05, 0.1) is 4.75 Å². The van der Waals surface area contributed by atoms with Gasteiger partial charge in [-0.1, -0.05) is 0 Å². The largest absolute Gasteiger partial charge is 0.389 e. The second kappa shape index (κ2) is 3.22. The van der Waals surface area contributed by atoms with Crippen LogP contribution in [0, 0.1) is 0 Å². The van der Waals surface area contributed by atoms with Gasteiger partial charge >= 0.3 is 0 Å². The van der Waals surface area contributed by atoms with Gasteiger partial charge in [0.15, 0.2) is 5.78 Å². The molecule has 0 rings (SSSR count). The van der Waals surface area contributed by atoms with Crippen LogP contribution < -0.4 is 0 Å². The Kier molecular flexibility index (Phi) is 3.22. The number of thioether (sulfide) groups is 1. The minimum absolute atomic E-state index is 0.116. The van der Waals surface area contributed by atoms with Gasteiger partial charge in [-0.05, 0) is 20.1 Å². The van der Waals surface area contributed by atoms with Crippen molar-refractivity contribution in [1.82, 2.24) is 0 Å². The van der Waals surface area contributed by atoms with Gasteiger partial charge in [0.25, 0.3) is 0 Å². The van der Waals surface area contributed by atoms with Gasteiger partial charge in [-0.15, -0.1) is 0 Å². The molecule has 0 bridgehead atoms. The second-order valence-corrected chi connectivity index (χ2v) is 3.72. The molecule has 0 aliphatic heterocycles. The average Bonchev–Trinajstić information content (AvgIpc) is 1.86. The van der Waals surface area contributed by atoms with Crippen LogP contribution in [0.5, 0.6) is 0 Å². The molecule has 0 radical (unpaired) electrons. The molecule has 0 fully saturated rings. The fraction of sp³-hybridized carbons (Fsp3) is 0.833. The molecule has 0 aromatic rings. The van der Waals surface area contributed by atoms with E-state index in [1.807, 2.05) is 6.26 Å². The van der Waals surface area contributed by atoms with E-state index in [1.165, 1.54) is 11.8 Å². The Hall–Kier alpha value is -0.0200. The number of ketones is 1. The third kappa shape index (κ3) is 2.37. The van der Waals surface area contributed by atoms with E-state index in [0.29, 0.717) is 0 Å². The third-order valence-corrected chi connectivity index (χ3v) is 2.57. The normalized spacial score (nSPS) is 11.6. The van der Waals surface area contributed by atoms with Crippen molar-refractivity contribution < 1.29 is 9.90 Å². The van der Waals surface area contributed by atoms with Crippen LogP contribution in [-0.4, -0.2) is 28.5 Å². The van der Waals surface area contributed by atoms with Crippen molar-refractivity contribution >= 4 is 17.5 Å². The van der Waals surface area contributed by atoms with E-state index in [-0.39, 0.29) is 12.4 Å². The second-order valence-electron chi connectivity index (χ2n) is 2.30. The van der Waals surface area contributed by atoms with Crippen molar-refractivity contribution in [3.8, 4) is 0 Å². The first kappa shape index (κ1) is 8.98. The Bertz CT molecular complexity index is 110. The van der Waals surface area contributed by atoms with Crippen molar-refractivity contribution in [1.29, 1.82) is 0 Å². The summed E-state index contributed by atoms with van der Waals surface area (Å²) in [6, 6.07) is 0. The highest BCUT2D eigenvalue weighted by atomic mass is 32.2. The molecule has 3 heteroatoms. The van der Waals surface area contributed by atoms with Crippen molar-refractivity contribution in [2.75, 3.05) is 12.9 Å². The molecule has 0 aromatic carbocycles. The number of hydrogen-bond acceptors (Lipinski definition) is 3. The fourth-order valence-corrected chi connectivity index (χ4v) is 0.596. The van der Waals surface area contributed by atoms with Gasteiger partial charge in [0.1, 0.15) is 6.61 Å². The van der Waals surface area contributed by atoms with Gasteiger partial charge in [-0.25, -0.2) is 0 Å². The van der Waals surface area contributed by atoms with E-state index in [9.17, 15) is 4.79 Å². The number of hydrogen-bond donors (Lipinski definition) is 1. The number of carbonyl (C=O) groups is 1. The molecule has 0 amide bonds. The van der Waals surface area contributed by atoms with E-state index < -0.39 is 4.75 Å². The van der Waals surface area contributed by atoms with Crippen LogP contribution in [0.2, 0.25) is 0 Å². The maximum Gasteiger partial charge on any atom is 0.173 e. The number of aliphatic hydroxyl groups excluding tert-OH is 1. The highest BCUT2D eigenvalue weighted by Crippen LogP contribution is 2.21. The molecule has 0 unspecified atom stereocenters. The third-order valence-electron chi connectivity index (χ3n) is 1.33. The summed E-state index contributed by atoms with van der Waals surface area (Å²) in [5, 5.41) is 8.44. The molecule has 0 aromatic heterocycles. The number of rotatable bonds is 3. The molecule has 1 N–H and O–H groups in total. The first-order valence-electron chi connectivity index (χ1n) is 2.74. The van der Waals surface area contributed by atoms with Crippen molar-refractivity contribution in [2.24, 2.45) is 0 Å². The lowest BCUT2D eigenvalue weighted by Crippen LogP contribution is -2.29. The van der Waals surface area contributed by atoms with Gasteiger partial charge in [0.2, 0.25) is 0 Å². The quantitative estimate of drug-likeness (QED) is 0.640. The van der Waals surface area contributed by atoms with E-state index in [4.69, 9.17) is 5.11 Å². The summed E-state index contributed by atoms with van der Waals surface area (Å²) in [4.78, 5) is 10.8. The zero-order valence-corrected chi connectivity index (χ0v) is 6.79. The van der Waals surface area contributed by atoms with Gasteiger partial charge in [0, 0.05) is 0 Å². The van der Waals surface area contributed by atoms with Crippen molar-refractivity contribution in [3.63, 3.8) is 0 Å². The zero-order chi connectivity index (χ0) is 7.49. The maximum absolute atomic E-state index is 10.8. The predicted molar refractivity (Wildman–Crippen MR) is 39.7 cm³/mol. The lowest BCUT2D eigenvalue weighted by atomic mass is 10.1. The van der Waals surface area contributed by atoms with Crippen LogP contribution in [0.1, 0.15) is 13.8 Å². The smallest absolute Gasteiger partial charge is 0.173 e. The van der Waals surface area contributed by atoms with Gasteiger partial charge in [-0.2, -0.15) is 11.8 Å². The van der Waals surface area contributed by atoms with Crippen LogP contribution in [0.3, 0.4) is 0 Å². The van der Waals surface area contributed by atoms with E-state index in [1.54, 1.807) is 13.8 Å². The molecule has 0 atom stereocenters. The van der Waals surface area contributed by atoms with Crippen LogP contribution >= 0.6 is 11.8 Å². The topological polar surface area (TPSA) is 37.3 Å². The minimum Gasteiger partial charge on any atom is -0.389 e. The number of aliphatic hydroxyl groups is 1. The SMILES string of the molecule is CSC(C)(C)C(=O)CO. The summed E-state index contributed by atoms with van der Waals surface area (Å²) in [7, 11) is 0. The molecule has 0 aliphatic rings. The number of carbonyl (C=O) groups excluding carboxylic acids is 1. The maximum atomic E-state index is 10.8. The van der Waals surface area contributed by atoms with E-state index in [2.05, 4.69) is 0 Å². The molecular weight excluding hydrogens is 136 g/mol. The molecule has 54 valence electrons. The molecule has 0 spiro atoms. The lowest BCUT2D eigenvalue weighted by molar-refractivity contribution is -0.123. The number of Topliss-reactive ketones (excluding diaryl/α,β-unsaturated/α-hetero) is 1. The summed E-state index contributed by atoms with van der Waals surface area (Å²) < 4.78 is -0.422. The van der Waals surface area contributed by atoms with Crippen molar-refractivity contribution in [2.45, 2.75) is 18.6 Å². The first-order chi connectivity index (χ1) is 4.04. The summed E-state index contributed by atoms with van der Waals surface area (Å²) in [6.07, 6.45) is 1.85. The standard InChI is InChI=1S/C6H12O2S/c1-6(2,9-3)5(8)4-7/h7H,4H2,1-3H3. The summed E-state index contributed by atoms with van der Waals surface area (Å²) in [6.45, 7) is 3.25. The fourth-order valence-electron chi connectivity index (χ4n) is 0.304. The van der Waals surface area contributed by atoms with Gasteiger partial charge < -0.3 is 5.11 Å². The lowest BCUT2D eigenvalue weighted by Gasteiger charge is -2.17. The van der Waals surface area contributed by atoms with Crippen molar-refractivity contribution in [3.05, 3.63) is 0 Å². The summed E-state index contributed by atoms with van der Waals surface area (Å²) in [5.41, 5.74) is 0. The van der Waals surface area contributed by atoms with E-state index in [0.717, 1.165) is 0 Å².